The smallest absolute Gasteiger partial charge is 0.407 e. The van der Waals surface area contributed by atoms with Crippen LogP contribution in [0, 0.1) is 0 Å². The molecule has 13 heteroatoms. The molecule has 2 unspecified atom stereocenters. The van der Waals surface area contributed by atoms with Gasteiger partial charge in [0.1, 0.15) is 11.0 Å². The highest BCUT2D eigenvalue weighted by Gasteiger charge is 2.37. The molecule has 0 spiro atoms. The molecule has 1 saturated heterocycles. The van der Waals surface area contributed by atoms with Crippen molar-refractivity contribution in [1.29, 1.82) is 0 Å². The second-order valence-electron chi connectivity index (χ2n) is 13.2. The van der Waals surface area contributed by atoms with Crippen molar-refractivity contribution in [3.8, 4) is 5.69 Å². The third kappa shape index (κ3) is 6.55. The fourth-order valence-electron chi connectivity index (χ4n) is 5.22. The van der Waals surface area contributed by atoms with Gasteiger partial charge in [-0.15, -0.1) is 0 Å². The quantitative estimate of drug-likeness (QED) is 0.221. The molecule has 4 heterocycles. The molecule has 1 N–H and O–H groups in total. The first-order valence-electron chi connectivity index (χ1n) is 14.6. The first kappa shape index (κ1) is 33.2. The molecule has 2 atom stereocenters. The summed E-state index contributed by atoms with van der Waals surface area (Å²) in [6.07, 6.45) is 1.34. The standard InChI is InChI=1S/C30H42Cl2N6O4Si/c1-17(2)23-24(20(10-12-33-23)11-13-42-43(8,9)30(5,6)7)38-27-21(14-22(31)25(32)34-27)26(35-28(38)39)36-15-19(4)37(29(40)41)16-18(36)3/h10,12,14,17-19H,11,13,15-16H2,1-9H3,(H,40,41). The number of anilines is 1. The van der Waals surface area contributed by atoms with E-state index in [2.05, 4.69) is 48.8 Å². The van der Waals surface area contributed by atoms with Crippen LogP contribution in [0.3, 0.4) is 0 Å². The summed E-state index contributed by atoms with van der Waals surface area (Å²) in [6, 6.07) is 3.02. The molecule has 1 aliphatic heterocycles. The van der Waals surface area contributed by atoms with Gasteiger partial charge in [-0.3, -0.25) is 4.98 Å². The normalized spacial score (nSPS) is 18.1. The van der Waals surface area contributed by atoms with Crippen molar-refractivity contribution in [3.05, 3.63) is 50.2 Å². The van der Waals surface area contributed by atoms with Gasteiger partial charge in [0.15, 0.2) is 14.0 Å². The van der Waals surface area contributed by atoms with Gasteiger partial charge in [-0.05, 0) is 62.0 Å². The second kappa shape index (κ2) is 12.3. The minimum absolute atomic E-state index is 0.00868. The SMILES string of the molecule is CC(C)c1nccc(CCO[Si](C)(C)C(C)(C)C)c1-n1c(=O)nc(N2CC(C)N(C(=O)O)CC2C)c2cc(Cl)c(Cl)nc21. The monoisotopic (exact) mass is 648 g/mol. The molecule has 10 nitrogen and oxygen atoms in total. The van der Waals surface area contributed by atoms with Gasteiger partial charge >= 0.3 is 11.8 Å². The molecule has 0 aromatic carbocycles. The van der Waals surface area contributed by atoms with Crippen molar-refractivity contribution in [3.63, 3.8) is 0 Å². The van der Waals surface area contributed by atoms with Gasteiger partial charge in [0.2, 0.25) is 0 Å². The molecule has 0 radical (unpaired) electrons. The number of carboxylic acid groups (broad SMARTS) is 1. The Morgan fingerprint density at radius 1 is 1.16 bits per heavy atom. The summed E-state index contributed by atoms with van der Waals surface area (Å²) in [5.74, 6) is 0.384. The lowest BCUT2D eigenvalue weighted by molar-refractivity contribution is 0.114. The summed E-state index contributed by atoms with van der Waals surface area (Å²) in [6.45, 7) is 19.9. The lowest BCUT2D eigenvalue weighted by atomic mass is 10.0. The molecule has 1 aliphatic rings. The third-order valence-electron chi connectivity index (χ3n) is 8.71. The Balaban J connectivity index is 1.91. The maximum Gasteiger partial charge on any atom is 0.407 e. The molecule has 234 valence electrons. The predicted molar refractivity (Wildman–Crippen MR) is 175 cm³/mol. The van der Waals surface area contributed by atoms with Crippen LogP contribution in [0.1, 0.15) is 65.6 Å². The maximum atomic E-state index is 14.1. The fraction of sp³-hybridized carbons (Fsp3) is 0.567. The van der Waals surface area contributed by atoms with Gasteiger partial charge in [-0.25, -0.2) is 19.1 Å². The average molecular weight is 650 g/mol. The van der Waals surface area contributed by atoms with Crippen LogP contribution < -0.4 is 10.6 Å². The molecule has 0 bridgehead atoms. The number of fused-ring (bicyclic) bond motifs is 1. The van der Waals surface area contributed by atoms with E-state index in [4.69, 9.17) is 27.6 Å². The van der Waals surface area contributed by atoms with Gasteiger partial charge < -0.3 is 19.3 Å². The molecular weight excluding hydrogens is 607 g/mol. The number of carbonyl (C=O) groups is 1. The minimum atomic E-state index is -2.00. The highest BCUT2D eigenvalue weighted by Crippen LogP contribution is 2.37. The fourth-order valence-corrected chi connectivity index (χ4v) is 6.55. The van der Waals surface area contributed by atoms with Crippen molar-refractivity contribution in [2.75, 3.05) is 24.6 Å². The molecule has 3 aromatic rings. The Bertz CT molecular complexity index is 1590. The van der Waals surface area contributed by atoms with E-state index >= 15 is 0 Å². The number of amides is 1. The van der Waals surface area contributed by atoms with Gasteiger partial charge in [0, 0.05) is 38.0 Å². The minimum Gasteiger partial charge on any atom is -0.465 e. The number of rotatable bonds is 7. The highest BCUT2D eigenvalue weighted by atomic mass is 35.5. The Kier molecular flexibility index (Phi) is 9.52. The van der Waals surface area contributed by atoms with Crippen molar-refractivity contribution in [1.82, 2.24) is 24.4 Å². The highest BCUT2D eigenvalue weighted by molar-refractivity contribution is 6.74. The summed E-state index contributed by atoms with van der Waals surface area (Å²) in [5, 5.41) is 10.6. The number of hydrogen-bond acceptors (Lipinski definition) is 7. The maximum absolute atomic E-state index is 14.1. The van der Waals surface area contributed by atoms with E-state index < -0.39 is 20.1 Å². The van der Waals surface area contributed by atoms with Crippen LogP contribution in [-0.2, 0) is 10.8 Å². The first-order chi connectivity index (χ1) is 19.9. The van der Waals surface area contributed by atoms with Crippen LogP contribution in [0.2, 0.25) is 28.3 Å². The lowest BCUT2D eigenvalue weighted by Crippen LogP contribution is -2.58. The zero-order valence-electron chi connectivity index (χ0n) is 26.4. The first-order valence-corrected chi connectivity index (χ1v) is 18.3. The summed E-state index contributed by atoms with van der Waals surface area (Å²) in [4.78, 5) is 43.1. The third-order valence-corrected chi connectivity index (χ3v) is 13.9. The Morgan fingerprint density at radius 3 is 2.44 bits per heavy atom. The van der Waals surface area contributed by atoms with E-state index in [0.717, 1.165) is 11.3 Å². The van der Waals surface area contributed by atoms with E-state index in [-0.39, 0.29) is 39.8 Å². The van der Waals surface area contributed by atoms with Crippen LogP contribution in [0.4, 0.5) is 10.6 Å². The van der Waals surface area contributed by atoms with Crippen molar-refractivity contribution in [2.45, 2.75) is 91.0 Å². The van der Waals surface area contributed by atoms with Crippen LogP contribution in [-0.4, -0.2) is 75.7 Å². The number of halogens is 2. The Labute approximate surface area is 264 Å². The van der Waals surface area contributed by atoms with E-state index in [0.29, 0.717) is 42.1 Å². The van der Waals surface area contributed by atoms with Crippen molar-refractivity contribution < 1.29 is 14.3 Å². The molecule has 3 aromatic heterocycles. The van der Waals surface area contributed by atoms with Crippen LogP contribution in [0.15, 0.2) is 23.1 Å². The van der Waals surface area contributed by atoms with Gasteiger partial charge in [0.25, 0.3) is 0 Å². The molecule has 1 fully saturated rings. The van der Waals surface area contributed by atoms with E-state index in [1.165, 1.54) is 9.47 Å². The average Bonchev–Trinajstić information content (AvgIpc) is 2.89. The van der Waals surface area contributed by atoms with Gasteiger partial charge in [-0.1, -0.05) is 57.8 Å². The van der Waals surface area contributed by atoms with Crippen molar-refractivity contribution >= 4 is 54.5 Å². The number of aromatic nitrogens is 4. The Hall–Kier alpha value is -2.73. The van der Waals surface area contributed by atoms with E-state index in [1.807, 2.05) is 38.7 Å². The van der Waals surface area contributed by atoms with Crippen LogP contribution >= 0.6 is 23.2 Å². The molecule has 43 heavy (non-hydrogen) atoms. The number of pyridine rings is 2. The summed E-state index contributed by atoms with van der Waals surface area (Å²) >= 11 is 13.0. The number of hydrogen-bond donors (Lipinski definition) is 1. The summed E-state index contributed by atoms with van der Waals surface area (Å²) in [5.41, 5.74) is 2.02. The molecule has 0 aliphatic carbocycles. The lowest BCUT2D eigenvalue weighted by Gasteiger charge is -2.43. The number of nitrogens with zero attached hydrogens (tertiary/aromatic N) is 6. The van der Waals surface area contributed by atoms with Gasteiger partial charge in [-0.2, -0.15) is 4.98 Å². The van der Waals surface area contributed by atoms with E-state index in [1.54, 1.807) is 12.3 Å². The molecule has 1 amide bonds. The van der Waals surface area contributed by atoms with Crippen molar-refractivity contribution in [2.24, 2.45) is 0 Å². The summed E-state index contributed by atoms with van der Waals surface area (Å²) in [7, 11) is -2.00. The largest absolute Gasteiger partial charge is 0.465 e. The Morgan fingerprint density at radius 2 is 1.84 bits per heavy atom. The van der Waals surface area contributed by atoms with Gasteiger partial charge in [0.05, 0.1) is 21.8 Å². The topological polar surface area (TPSA) is 114 Å². The van der Waals surface area contributed by atoms with Crippen LogP contribution in [0.25, 0.3) is 16.7 Å². The second-order valence-corrected chi connectivity index (χ2v) is 18.8. The molecule has 0 saturated carbocycles. The van der Waals surface area contributed by atoms with E-state index in [9.17, 15) is 14.7 Å². The zero-order chi connectivity index (χ0) is 32.0. The molecule has 4 rings (SSSR count). The number of piperazine rings is 1. The predicted octanol–water partition coefficient (Wildman–Crippen LogP) is 6.75. The summed E-state index contributed by atoms with van der Waals surface area (Å²) < 4.78 is 7.99. The molecular formula is C30H42Cl2N6O4Si. The van der Waals surface area contributed by atoms with Crippen LogP contribution in [0.5, 0.6) is 0 Å². The zero-order valence-corrected chi connectivity index (χ0v) is 28.9.